The van der Waals surface area contributed by atoms with Crippen LogP contribution in [0.2, 0.25) is 0 Å². The molecule has 4 rings (SSSR count). The molecular weight excluding hydrogens is 288 g/mol. The van der Waals surface area contributed by atoms with E-state index in [-0.39, 0.29) is 0 Å². The van der Waals surface area contributed by atoms with E-state index in [2.05, 4.69) is 28.9 Å². The third-order valence-electron chi connectivity index (χ3n) is 4.39. The normalized spacial score (nSPS) is 15.3. The minimum atomic E-state index is 0.589. The molecule has 1 fully saturated rings. The van der Waals surface area contributed by atoms with Crippen molar-refractivity contribution in [3.63, 3.8) is 0 Å². The number of aryl methyl sites for hydroxylation is 1. The van der Waals surface area contributed by atoms with Crippen LogP contribution in [0.15, 0.2) is 47.2 Å². The van der Waals surface area contributed by atoms with Gasteiger partial charge in [-0.1, -0.05) is 12.1 Å². The molecule has 0 radical (unpaired) electrons. The molecule has 1 aliphatic heterocycles. The predicted molar refractivity (Wildman–Crippen MR) is 89.8 cm³/mol. The zero-order valence-corrected chi connectivity index (χ0v) is 13.3. The van der Waals surface area contributed by atoms with Crippen molar-refractivity contribution in [1.82, 2.24) is 9.88 Å². The van der Waals surface area contributed by atoms with Crippen molar-refractivity contribution >= 4 is 11.0 Å². The van der Waals surface area contributed by atoms with Crippen molar-refractivity contribution in [2.75, 3.05) is 13.1 Å². The van der Waals surface area contributed by atoms with Gasteiger partial charge in [-0.25, -0.2) is 4.98 Å². The molecule has 3 aromatic rings. The van der Waals surface area contributed by atoms with Crippen LogP contribution in [-0.4, -0.2) is 23.0 Å². The number of benzene rings is 1. The zero-order chi connectivity index (χ0) is 15.6. The minimum Gasteiger partial charge on any atom is -0.464 e. The van der Waals surface area contributed by atoms with E-state index in [4.69, 9.17) is 9.15 Å². The Balaban J connectivity index is 1.56. The summed E-state index contributed by atoms with van der Waals surface area (Å²) in [5.41, 5.74) is 3.26. The molecule has 23 heavy (non-hydrogen) atoms. The number of hydrogen-bond donors (Lipinski definition) is 0. The number of aromatic nitrogens is 1. The molecule has 0 bridgehead atoms. The Morgan fingerprint density at radius 2 is 2.04 bits per heavy atom. The smallest absolute Gasteiger partial charge is 0.230 e. The van der Waals surface area contributed by atoms with Gasteiger partial charge >= 0.3 is 0 Å². The molecular formula is C19H20N2O2. The van der Waals surface area contributed by atoms with Gasteiger partial charge in [0.25, 0.3) is 0 Å². The highest BCUT2D eigenvalue weighted by Crippen LogP contribution is 2.30. The Hall–Kier alpha value is -2.33. The van der Waals surface area contributed by atoms with Crippen LogP contribution in [0.25, 0.3) is 11.0 Å². The molecule has 2 aromatic heterocycles. The van der Waals surface area contributed by atoms with E-state index in [9.17, 15) is 0 Å². The SMILES string of the molecule is Cc1cc(CN2CCCC2)ccc1Oc1nccc2occc12. The van der Waals surface area contributed by atoms with Crippen LogP contribution < -0.4 is 4.74 Å². The first-order valence-electron chi connectivity index (χ1n) is 8.11. The molecule has 1 aliphatic rings. The maximum atomic E-state index is 6.02. The summed E-state index contributed by atoms with van der Waals surface area (Å²) in [6.07, 6.45) is 6.00. The Bertz CT molecular complexity index is 819. The van der Waals surface area contributed by atoms with Gasteiger partial charge in [0.15, 0.2) is 0 Å². The Morgan fingerprint density at radius 1 is 1.17 bits per heavy atom. The Labute approximate surface area is 135 Å². The lowest BCUT2D eigenvalue weighted by atomic mass is 10.1. The maximum Gasteiger partial charge on any atom is 0.230 e. The second-order valence-corrected chi connectivity index (χ2v) is 6.13. The third kappa shape index (κ3) is 2.94. The number of rotatable bonds is 4. The van der Waals surface area contributed by atoms with Crippen molar-refractivity contribution < 1.29 is 9.15 Å². The van der Waals surface area contributed by atoms with E-state index in [0.717, 1.165) is 28.8 Å². The monoisotopic (exact) mass is 308 g/mol. The van der Waals surface area contributed by atoms with Crippen molar-refractivity contribution in [3.8, 4) is 11.6 Å². The van der Waals surface area contributed by atoms with Gasteiger partial charge < -0.3 is 9.15 Å². The Kier molecular flexibility index (Phi) is 3.75. The summed E-state index contributed by atoms with van der Waals surface area (Å²) in [6, 6.07) is 10.1. The minimum absolute atomic E-state index is 0.589. The highest BCUT2D eigenvalue weighted by molar-refractivity contribution is 5.82. The van der Waals surface area contributed by atoms with Gasteiger partial charge in [-0.2, -0.15) is 0 Å². The van der Waals surface area contributed by atoms with Crippen molar-refractivity contribution in [3.05, 3.63) is 53.9 Å². The molecule has 118 valence electrons. The van der Waals surface area contributed by atoms with E-state index in [1.165, 1.54) is 31.5 Å². The van der Waals surface area contributed by atoms with Crippen LogP contribution in [0.5, 0.6) is 11.6 Å². The summed E-state index contributed by atoms with van der Waals surface area (Å²) in [5, 5.41) is 0.896. The molecule has 0 saturated carbocycles. The summed E-state index contributed by atoms with van der Waals surface area (Å²) in [6.45, 7) is 5.53. The van der Waals surface area contributed by atoms with E-state index in [1.54, 1.807) is 12.5 Å². The zero-order valence-electron chi connectivity index (χ0n) is 13.3. The van der Waals surface area contributed by atoms with Crippen LogP contribution in [0, 0.1) is 6.92 Å². The number of fused-ring (bicyclic) bond motifs is 1. The fourth-order valence-electron chi connectivity index (χ4n) is 3.18. The molecule has 0 N–H and O–H groups in total. The molecule has 4 nitrogen and oxygen atoms in total. The van der Waals surface area contributed by atoms with E-state index >= 15 is 0 Å². The van der Waals surface area contributed by atoms with Gasteiger partial charge in [0.2, 0.25) is 5.88 Å². The van der Waals surface area contributed by atoms with Crippen LogP contribution in [0.3, 0.4) is 0 Å². The maximum absolute atomic E-state index is 6.02. The number of ether oxygens (including phenoxy) is 1. The number of nitrogens with zero attached hydrogens (tertiary/aromatic N) is 2. The summed E-state index contributed by atoms with van der Waals surface area (Å²) < 4.78 is 11.4. The van der Waals surface area contributed by atoms with Gasteiger partial charge in [0.1, 0.15) is 11.3 Å². The van der Waals surface area contributed by atoms with E-state index < -0.39 is 0 Å². The van der Waals surface area contributed by atoms with Gasteiger partial charge in [-0.15, -0.1) is 0 Å². The van der Waals surface area contributed by atoms with Crippen molar-refractivity contribution in [2.45, 2.75) is 26.3 Å². The second kappa shape index (κ2) is 6.05. The lowest BCUT2D eigenvalue weighted by Crippen LogP contribution is -2.18. The van der Waals surface area contributed by atoms with Crippen molar-refractivity contribution in [1.29, 1.82) is 0 Å². The second-order valence-electron chi connectivity index (χ2n) is 6.13. The molecule has 0 amide bonds. The molecule has 0 unspecified atom stereocenters. The summed E-state index contributed by atoms with van der Waals surface area (Å²) in [4.78, 5) is 6.83. The number of likely N-dealkylation sites (tertiary alicyclic amines) is 1. The van der Waals surface area contributed by atoms with Crippen LogP contribution in [0.4, 0.5) is 0 Å². The highest BCUT2D eigenvalue weighted by atomic mass is 16.5. The Morgan fingerprint density at radius 3 is 2.87 bits per heavy atom. The summed E-state index contributed by atoms with van der Waals surface area (Å²) in [5.74, 6) is 1.43. The molecule has 0 aliphatic carbocycles. The quantitative estimate of drug-likeness (QED) is 0.710. The first-order valence-corrected chi connectivity index (χ1v) is 8.11. The lowest BCUT2D eigenvalue weighted by Gasteiger charge is -2.16. The van der Waals surface area contributed by atoms with Gasteiger partial charge in [0.05, 0.1) is 11.6 Å². The lowest BCUT2D eigenvalue weighted by molar-refractivity contribution is 0.331. The van der Waals surface area contributed by atoms with E-state index in [1.807, 2.05) is 18.2 Å². The molecule has 3 heterocycles. The molecule has 0 spiro atoms. The number of furan rings is 1. The first-order chi connectivity index (χ1) is 11.3. The van der Waals surface area contributed by atoms with E-state index in [0.29, 0.717) is 5.88 Å². The van der Waals surface area contributed by atoms with Crippen LogP contribution in [-0.2, 0) is 6.54 Å². The summed E-state index contributed by atoms with van der Waals surface area (Å²) >= 11 is 0. The molecule has 0 atom stereocenters. The largest absolute Gasteiger partial charge is 0.464 e. The van der Waals surface area contributed by atoms with Gasteiger partial charge in [0, 0.05) is 12.7 Å². The van der Waals surface area contributed by atoms with Gasteiger partial charge in [-0.3, -0.25) is 4.90 Å². The number of pyridine rings is 1. The molecule has 1 aromatic carbocycles. The van der Waals surface area contributed by atoms with Crippen LogP contribution in [0.1, 0.15) is 24.0 Å². The summed E-state index contributed by atoms with van der Waals surface area (Å²) in [7, 11) is 0. The fraction of sp³-hybridized carbons (Fsp3) is 0.316. The first kappa shape index (κ1) is 14.3. The molecule has 4 heteroatoms. The average Bonchev–Trinajstić information content (AvgIpc) is 3.21. The number of hydrogen-bond acceptors (Lipinski definition) is 4. The molecule has 1 saturated heterocycles. The third-order valence-corrected chi connectivity index (χ3v) is 4.39. The fourth-order valence-corrected chi connectivity index (χ4v) is 3.18. The average molecular weight is 308 g/mol. The van der Waals surface area contributed by atoms with Crippen LogP contribution >= 0.6 is 0 Å². The predicted octanol–water partition coefficient (Wildman–Crippen LogP) is 4.52. The highest BCUT2D eigenvalue weighted by Gasteiger charge is 2.13. The topological polar surface area (TPSA) is 38.5 Å². The van der Waals surface area contributed by atoms with Crippen molar-refractivity contribution in [2.24, 2.45) is 0 Å². The standard InChI is InChI=1S/C19H20N2O2/c1-14-12-15(13-21-9-2-3-10-21)4-5-17(14)23-19-16-7-11-22-18(16)6-8-20-19/h4-8,11-12H,2-3,9-10,13H2,1H3. The van der Waals surface area contributed by atoms with Gasteiger partial charge in [-0.05, 0) is 62.2 Å².